The van der Waals surface area contributed by atoms with Gasteiger partial charge in [-0.3, -0.25) is 4.79 Å². The van der Waals surface area contributed by atoms with E-state index in [1.807, 2.05) is 0 Å². The van der Waals surface area contributed by atoms with E-state index in [1.54, 1.807) is 24.3 Å². The first kappa shape index (κ1) is 9.71. The van der Waals surface area contributed by atoms with Crippen LogP contribution >= 0.6 is 0 Å². The molecule has 0 radical (unpaired) electrons. The lowest BCUT2D eigenvalue weighted by Crippen LogP contribution is -2.25. The second-order valence-electron chi connectivity index (χ2n) is 3.30. The van der Waals surface area contributed by atoms with Crippen molar-refractivity contribution in [1.82, 2.24) is 0 Å². The highest BCUT2D eigenvalue weighted by Crippen LogP contribution is 2.30. The van der Waals surface area contributed by atoms with Gasteiger partial charge < -0.3 is 9.47 Å². The first-order valence-corrected chi connectivity index (χ1v) is 4.58. The highest BCUT2D eigenvalue weighted by atomic mass is 16.6. The topological polar surface area (TPSA) is 52.6 Å². The minimum Gasteiger partial charge on any atom is -0.465 e. The molecule has 78 valence electrons. The van der Waals surface area contributed by atoms with Crippen LogP contribution in [0.25, 0.3) is 0 Å². The van der Waals surface area contributed by atoms with Crippen LogP contribution in [0.15, 0.2) is 24.3 Å². The number of hydrogen-bond donors (Lipinski definition) is 0. The normalized spacial score (nSPS) is 19.0. The molecule has 2 rings (SSSR count). The number of methoxy groups -OCH3 is 1. The fourth-order valence-corrected chi connectivity index (χ4v) is 1.44. The zero-order valence-electron chi connectivity index (χ0n) is 8.23. The number of hydrogen-bond acceptors (Lipinski definition) is 4. The predicted octanol–water partition coefficient (Wildman–Crippen LogP) is 1.46. The highest BCUT2D eigenvalue weighted by molar-refractivity contribution is 5.89. The molecule has 0 amide bonds. The number of cyclic esters (lactones) is 1. The van der Waals surface area contributed by atoms with Crippen LogP contribution in [0, 0.1) is 0 Å². The Morgan fingerprint density at radius 1 is 1.40 bits per heavy atom. The van der Waals surface area contributed by atoms with E-state index in [0.717, 1.165) is 5.56 Å². The maximum atomic E-state index is 11.1. The van der Waals surface area contributed by atoms with Crippen molar-refractivity contribution in [2.45, 2.75) is 12.5 Å². The summed E-state index contributed by atoms with van der Waals surface area (Å²) in [5.41, 5.74) is 1.40. The van der Waals surface area contributed by atoms with Crippen molar-refractivity contribution in [2.75, 3.05) is 7.11 Å². The summed E-state index contributed by atoms with van der Waals surface area (Å²) < 4.78 is 9.47. The summed E-state index contributed by atoms with van der Waals surface area (Å²) in [6.07, 6.45) is 0.265. The maximum absolute atomic E-state index is 11.1. The number of benzene rings is 1. The zero-order valence-corrected chi connectivity index (χ0v) is 8.23. The van der Waals surface area contributed by atoms with Gasteiger partial charge in [-0.1, -0.05) is 12.1 Å². The van der Waals surface area contributed by atoms with E-state index >= 15 is 0 Å². The Morgan fingerprint density at radius 3 is 2.47 bits per heavy atom. The molecular weight excluding hydrogens is 196 g/mol. The standard InChI is InChI=1S/C11H10O4/c1-14-11(13)8-4-2-7(3-5-8)9-6-10(12)15-9/h2-5,9H,6H2,1H3. The third kappa shape index (κ3) is 1.83. The molecule has 1 aliphatic heterocycles. The molecule has 1 aromatic rings. The van der Waals surface area contributed by atoms with E-state index in [0.29, 0.717) is 12.0 Å². The second-order valence-corrected chi connectivity index (χ2v) is 3.30. The smallest absolute Gasteiger partial charge is 0.337 e. The van der Waals surface area contributed by atoms with Crippen LogP contribution in [-0.2, 0) is 14.3 Å². The van der Waals surface area contributed by atoms with Gasteiger partial charge in [0.25, 0.3) is 0 Å². The fourth-order valence-electron chi connectivity index (χ4n) is 1.44. The lowest BCUT2D eigenvalue weighted by molar-refractivity contribution is -0.170. The average molecular weight is 206 g/mol. The summed E-state index contributed by atoms with van der Waals surface area (Å²) in [4.78, 5) is 21.7. The van der Waals surface area contributed by atoms with Gasteiger partial charge >= 0.3 is 11.9 Å². The monoisotopic (exact) mass is 206 g/mol. The summed E-state index contributed by atoms with van der Waals surface area (Å²) >= 11 is 0. The molecule has 0 bridgehead atoms. The summed E-state index contributed by atoms with van der Waals surface area (Å²) in [6.45, 7) is 0. The van der Waals surface area contributed by atoms with Gasteiger partial charge in [-0.05, 0) is 17.7 Å². The summed E-state index contributed by atoms with van der Waals surface area (Å²) in [6, 6.07) is 6.85. The number of carbonyl (C=O) groups excluding carboxylic acids is 2. The molecule has 0 spiro atoms. The Morgan fingerprint density at radius 2 is 2.00 bits per heavy atom. The lowest BCUT2D eigenvalue weighted by Gasteiger charge is -2.25. The third-order valence-electron chi connectivity index (χ3n) is 2.33. The number of esters is 2. The number of rotatable bonds is 2. The number of carbonyl (C=O) groups is 2. The molecule has 1 fully saturated rings. The Kier molecular flexibility index (Phi) is 2.41. The molecule has 1 heterocycles. The van der Waals surface area contributed by atoms with Crippen molar-refractivity contribution in [3.05, 3.63) is 35.4 Å². The fraction of sp³-hybridized carbons (Fsp3) is 0.273. The SMILES string of the molecule is COC(=O)c1ccc(C2CC(=O)O2)cc1. The predicted molar refractivity (Wildman–Crippen MR) is 51.2 cm³/mol. The summed E-state index contributed by atoms with van der Waals surface area (Å²) in [5.74, 6) is -0.552. The molecule has 1 atom stereocenters. The molecular formula is C11H10O4. The first-order chi connectivity index (χ1) is 7.20. The second kappa shape index (κ2) is 3.73. The summed E-state index contributed by atoms with van der Waals surface area (Å²) in [7, 11) is 1.34. The van der Waals surface area contributed by atoms with E-state index in [9.17, 15) is 9.59 Å². The number of ether oxygens (including phenoxy) is 2. The van der Waals surface area contributed by atoms with Gasteiger partial charge in [0.05, 0.1) is 19.1 Å². The maximum Gasteiger partial charge on any atom is 0.337 e. The van der Waals surface area contributed by atoms with Crippen molar-refractivity contribution < 1.29 is 19.1 Å². The van der Waals surface area contributed by atoms with E-state index in [1.165, 1.54) is 7.11 Å². The van der Waals surface area contributed by atoms with Crippen molar-refractivity contribution >= 4 is 11.9 Å². The van der Waals surface area contributed by atoms with Gasteiger partial charge in [0.2, 0.25) is 0 Å². The average Bonchev–Trinajstić information content (AvgIpc) is 2.24. The van der Waals surface area contributed by atoms with Gasteiger partial charge in [0.15, 0.2) is 0 Å². The molecule has 1 saturated heterocycles. The van der Waals surface area contributed by atoms with Crippen LogP contribution in [-0.4, -0.2) is 19.0 Å². The zero-order chi connectivity index (χ0) is 10.8. The van der Waals surface area contributed by atoms with E-state index in [-0.39, 0.29) is 18.0 Å². The molecule has 1 unspecified atom stereocenters. The molecule has 4 nitrogen and oxygen atoms in total. The van der Waals surface area contributed by atoms with Gasteiger partial charge in [-0.25, -0.2) is 4.79 Å². The Bertz CT molecular complexity index is 386. The quantitative estimate of drug-likeness (QED) is 0.687. The van der Waals surface area contributed by atoms with Gasteiger partial charge in [-0.15, -0.1) is 0 Å². The Balaban J connectivity index is 2.10. The van der Waals surface area contributed by atoms with Crippen LogP contribution in [0.4, 0.5) is 0 Å². The van der Waals surface area contributed by atoms with Crippen molar-refractivity contribution in [2.24, 2.45) is 0 Å². The molecule has 0 aromatic heterocycles. The Hall–Kier alpha value is -1.84. The molecule has 1 aliphatic rings. The molecule has 4 heteroatoms. The van der Waals surface area contributed by atoms with Gasteiger partial charge in [-0.2, -0.15) is 0 Å². The first-order valence-electron chi connectivity index (χ1n) is 4.58. The molecule has 15 heavy (non-hydrogen) atoms. The lowest BCUT2D eigenvalue weighted by atomic mass is 10.0. The van der Waals surface area contributed by atoms with Crippen molar-refractivity contribution in [3.8, 4) is 0 Å². The third-order valence-corrected chi connectivity index (χ3v) is 2.33. The highest BCUT2D eigenvalue weighted by Gasteiger charge is 2.29. The van der Waals surface area contributed by atoms with Crippen molar-refractivity contribution in [1.29, 1.82) is 0 Å². The van der Waals surface area contributed by atoms with E-state index in [2.05, 4.69) is 4.74 Å². The van der Waals surface area contributed by atoms with E-state index in [4.69, 9.17) is 4.74 Å². The molecule has 0 saturated carbocycles. The van der Waals surface area contributed by atoms with Gasteiger partial charge in [0, 0.05) is 0 Å². The van der Waals surface area contributed by atoms with Crippen LogP contribution in [0.5, 0.6) is 0 Å². The molecule has 1 aromatic carbocycles. The van der Waals surface area contributed by atoms with Crippen molar-refractivity contribution in [3.63, 3.8) is 0 Å². The largest absolute Gasteiger partial charge is 0.465 e. The van der Waals surface area contributed by atoms with Gasteiger partial charge in [0.1, 0.15) is 6.10 Å². The minimum atomic E-state index is -0.368. The van der Waals surface area contributed by atoms with Crippen LogP contribution in [0.3, 0.4) is 0 Å². The molecule has 0 aliphatic carbocycles. The van der Waals surface area contributed by atoms with Crippen LogP contribution < -0.4 is 0 Å². The van der Waals surface area contributed by atoms with E-state index < -0.39 is 0 Å². The van der Waals surface area contributed by atoms with Crippen LogP contribution in [0.1, 0.15) is 28.4 Å². The Labute approximate surface area is 86.8 Å². The van der Waals surface area contributed by atoms with Crippen LogP contribution in [0.2, 0.25) is 0 Å². The molecule has 0 N–H and O–H groups in total. The summed E-state index contributed by atoms with van der Waals surface area (Å²) in [5, 5.41) is 0. The minimum absolute atomic E-state index is 0.149.